The lowest BCUT2D eigenvalue weighted by Gasteiger charge is -2.46. The van der Waals surface area contributed by atoms with E-state index in [-0.39, 0.29) is 23.4 Å². The summed E-state index contributed by atoms with van der Waals surface area (Å²) in [6.07, 6.45) is 9.70. The van der Waals surface area contributed by atoms with E-state index in [1.807, 2.05) is 17.9 Å². The number of oxime groups is 1. The molecule has 2 saturated heterocycles. The zero-order valence-electron chi connectivity index (χ0n) is 17.8. The van der Waals surface area contributed by atoms with Gasteiger partial charge < -0.3 is 20.0 Å². The van der Waals surface area contributed by atoms with Crippen LogP contribution in [0.1, 0.15) is 51.9 Å². The Labute approximate surface area is 173 Å². The number of amides is 2. The Kier molecular flexibility index (Phi) is 6.13. The molecule has 3 fully saturated rings. The van der Waals surface area contributed by atoms with Gasteiger partial charge in [0.25, 0.3) is 0 Å². The van der Waals surface area contributed by atoms with E-state index in [1.165, 1.54) is 5.71 Å². The maximum atomic E-state index is 14.2. The number of rotatable bonds is 3. The number of halogens is 1. The highest BCUT2D eigenvalue weighted by atomic mass is 19.1. The molecule has 4 aliphatic rings. The molecule has 2 aliphatic heterocycles. The first-order chi connectivity index (χ1) is 14.1. The van der Waals surface area contributed by atoms with E-state index in [2.05, 4.69) is 15.4 Å². The van der Waals surface area contributed by atoms with Crippen LogP contribution in [0.15, 0.2) is 17.3 Å². The molecule has 0 radical (unpaired) electrons. The molecule has 1 saturated carbocycles. The van der Waals surface area contributed by atoms with Crippen LogP contribution in [0.25, 0.3) is 0 Å². The summed E-state index contributed by atoms with van der Waals surface area (Å²) in [4.78, 5) is 22.2. The van der Waals surface area contributed by atoms with E-state index in [0.29, 0.717) is 19.1 Å². The summed E-state index contributed by atoms with van der Waals surface area (Å²) in [5, 5.41) is 7.02. The summed E-state index contributed by atoms with van der Waals surface area (Å²) in [7, 11) is 1.68. The molecule has 3 atom stereocenters. The molecule has 7 heteroatoms. The van der Waals surface area contributed by atoms with Crippen molar-refractivity contribution in [3.05, 3.63) is 12.2 Å². The van der Waals surface area contributed by atoms with E-state index in [9.17, 15) is 9.18 Å². The summed E-state index contributed by atoms with van der Waals surface area (Å²) >= 11 is 0. The lowest BCUT2D eigenvalue weighted by Crippen LogP contribution is -2.49. The van der Waals surface area contributed by atoms with Gasteiger partial charge in [0.2, 0.25) is 0 Å². The Balaban J connectivity index is 1.39. The minimum atomic E-state index is -0.878. The molecule has 29 heavy (non-hydrogen) atoms. The van der Waals surface area contributed by atoms with Crippen molar-refractivity contribution in [2.45, 2.75) is 70.1 Å². The molecule has 2 amide bonds. The van der Waals surface area contributed by atoms with Gasteiger partial charge in [-0.25, -0.2) is 9.18 Å². The van der Waals surface area contributed by atoms with Gasteiger partial charge in [0.15, 0.2) is 0 Å². The first-order valence-electron chi connectivity index (χ1n) is 11.3. The number of allylic oxidation sites excluding steroid dienone is 1. The predicted octanol–water partition coefficient (Wildman–Crippen LogP) is 3.34. The molecule has 2 heterocycles. The number of fused-ring (bicyclic) bond motifs is 2. The zero-order chi connectivity index (χ0) is 20.4. The Morgan fingerprint density at radius 3 is 2.69 bits per heavy atom. The molecular weight excluding hydrogens is 371 g/mol. The van der Waals surface area contributed by atoms with Crippen LogP contribution in [0.4, 0.5) is 9.18 Å². The molecule has 0 aromatic carbocycles. The monoisotopic (exact) mass is 406 g/mol. The second-order valence-electron chi connectivity index (χ2n) is 9.12. The smallest absolute Gasteiger partial charge is 0.317 e. The Bertz CT molecular complexity index is 649. The van der Waals surface area contributed by atoms with E-state index in [1.54, 1.807) is 13.1 Å². The maximum absolute atomic E-state index is 14.2. The third kappa shape index (κ3) is 4.03. The second kappa shape index (κ2) is 8.62. The first kappa shape index (κ1) is 20.6. The summed E-state index contributed by atoms with van der Waals surface area (Å²) in [6, 6.07) is 0.621. The van der Waals surface area contributed by atoms with Crippen LogP contribution >= 0.6 is 0 Å². The predicted molar refractivity (Wildman–Crippen MR) is 112 cm³/mol. The average molecular weight is 407 g/mol. The Hall–Kier alpha value is -1.63. The van der Waals surface area contributed by atoms with Crippen molar-refractivity contribution in [3.63, 3.8) is 0 Å². The second-order valence-corrected chi connectivity index (χ2v) is 9.12. The van der Waals surface area contributed by atoms with Crippen LogP contribution < -0.4 is 5.32 Å². The van der Waals surface area contributed by atoms with Crippen LogP contribution in [-0.4, -0.2) is 73.1 Å². The molecule has 6 nitrogen and oxygen atoms in total. The van der Waals surface area contributed by atoms with Gasteiger partial charge >= 0.3 is 6.03 Å². The molecular formula is C22H35FN4O2. The van der Waals surface area contributed by atoms with Crippen molar-refractivity contribution in [2.24, 2.45) is 16.5 Å². The van der Waals surface area contributed by atoms with Crippen LogP contribution in [-0.2, 0) is 4.84 Å². The van der Waals surface area contributed by atoms with Gasteiger partial charge in [-0.15, -0.1) is 0 Å². The van der Waals surface area contributed by atoms with E-state index in [0.717, 1.165) is 58.2 Å². The van der Waals surface area contributed by atoms with Gasteiger partial charge in [-0.2, -0.15) is 0 Å². The molecule has 1 spiro atoms. The average Bonchev–Trinajstić information content (AvgIpc) is 3.06. The minimum absolute atomic E-state index is 0.0327. The lowest BCUT2D eigenvalue weighted by atomic mass is 9.66. The number of alkyl halides is 1. The highest BCUT2D eigenvalue weighted by Gasteiger charge is 2.55. The molecule has 2 aliphatic carbocycles. The number of urea groups is 1. The van der Waals surface area contributed by atoms with Gasteiger partial charge in [-0.1, -0.05) is 17.3 Å². The molecule has 0 aromatic heterocycles. The number of hydrogen-bond donors (Lipinski definition) is 1. The zero-order valence-corrected chi connectivity index (χ0v) is 17.8. The topological polar surface area (TPSA) is 57.2 Å². The number of hydrogen-bond acceptors (Lipinski definition) is 4. The number of piperidine rings is 1. The Morgan fingerprint density at radius 1 is 1.31 bits per heavy atom. The number of carbonyl (C=O) groups excluding carboxylic acids is 1. The fourth-order valence-electron chi connectivity index (χ4n) is 6.09. The maximum Gasteiger partial charge on any atom is 0.317 e. The van der Waals surface area contributed by atoms with E-state index >= 15 is 0 Å². The minimum Gasteiger partial charge on any atom is -0.396 e. The highest BCUT2D eigenvalue weighted by molar-refractivity contribution is 5.84. The van der Waals surface area contributed by atoms with Crippen molar-refractivity contribution < 1.29 is 14.0 Å². The van der Waals surface area contributed by atoms with Crippen LogP contribution in [0.2, 0.25) is 0 Å². The standard InChI is InChI=1S/C22H35FN4O2/c1-3-29-25-17-5-7-18(8-6-17)26-12-10-22(11-13-26)15-27(21(28)24-2)20-9-4-16(23)14-19(20)22/h4,9,16,18-20H,3,5-8,10-15H2,1-2H3,(H,24,28). The molecule has 4 rings (SSSR count). The lowest BCUT2D eigenvalue weighted by molar-refractivity contribution is 0.0363. The fraction of sp³-hybridized carbons (Fsp3) is 0.818. The SMILES string of the molecule is CCON=C1CCC(N2CCC3(CC2)CN(C(=O)NC)C2C=CC(F)CC23)CC1. The molecule has 3 unspecified atom stereocenters. The molecule has 0 bridgehead atoms. The third-order valence-electron chi connectivity index (χ3n) is 7.68. The number of likely N-dealkylation sites (tertiary alicyclic amines) is 2. The quantitative estimate of drug-likeness (QED) is 0.578. The van der Waals surface area contributed by atoms with Crippen molar-refractivity contribution in [2.75, 3.05) is 33.3 Å². The van der Waals surface area contributed by atoms with Crippen molar-refractivity contribution >= 4 is 11.7 Å². The van der Waals surface area contributed by atoms with Crippen LogP contribution in [0.3, 0.4) is 0 Å². The van der Waals surface area contributed by atoms with E-state index < -0.39 is 6.17 Å². The fourth-order valence-corrected chi connectivity index (χ4v) is 6.09. The first-order valence-corrected chi connectivity index (χ1v) is 11.3. The summed E-state index contributed by atoms with van der Waals surface area (Å²) in [5.74, 6) is 0.234. The highest BCUT2D eigenvalue weighted by Crippen LogP contribution is 2.52. The molecule has 1 N–H and O–H groups in total. The number of nitrogens with zero attached hydrogens (tertiary/aromatic N) is 3. The third-order valence-corrected chi connectivity index (χ3v) is 7.68. The van der Waals surface area contributed by atoms with Gasteiger partial charge in [0.05, 0.1) is 11.8 Å². The largest absolute Gasteiger partial charge is 0.396 e. The Morgan fingerprint density at radius 2 is 2.03 bits per heavy atom. The van der Waals surface area contributed by atoms with Crippen molar-refractivity contribution in [1.82, 2.24) is 15.1 Å². The van der Waals surface area contributed by atoms with Gasteiger partial charge in [0, 0.05) is 19.6 Å². The van der Waals surface area contributed by atoms with Crippen LogP contribution in [0.5, 0.6) is 0 Å². The van der Waals surface area contributed by atoms with Gasteiger partial charge in [-0.3, -0.25) is 0 Å². The van der Waals surface area contributed by atoms with Crippen molar-refractivity contribution in [1.29, 1.82) is 0 Å². The number of carbonyl (C=O) groups is 1. The summed E-state index contributed by atoms with van der Waals surface area (Å²) < 4.78 is 14.2. The van der Waals surface area contributed by atoms with Gasteiger partial charge in [0.1, 0.15) is 12.8 Å². The van der Waals surface area contributed by atoms with Crippen molar-refractivity contribution in [3.8, 4) is 0 Å². The molecule has 0 aromatic rings. The normalized spacial score (nSPS) is 34.2. The van der Waals surface area contributed by atoms with Crippen LogP contribution in [0, 0.1) is 11.3 Å². The number of nitrogens with one attached hydrogen (secondary N) is 1. The molecule has 162 valence electrons. The summed E-state index contributed by atoms with van der Waals surface area (Å²) in [5.41, 5.74) is 1.25. The van der Waals surface area contributed by atoms with E-state index in [4.69, 9.17) is 4.84 Å². The van der Waals surface area contributed by atoms with Gasteiger partial charge in [-0.05, 0) is 76.3 Å². The summed E-state index contributed by atoms with van der Waals surface area (Å²) in [6.45, 7) is 5.45.